The van der Waals surface area contributed by atoms with Crippen LogP contribution >= 0.6 is 0 Å². The minimum atomic E-state index is -0.235. The number of rotatable bonds is 2. The van der Waals surface area contributed by atoms with Crippen LogP contribution in [-0.2, 0) is 9.59 Å². The molecule has 2 amide bonds. The van der Waals surface area contributed by atoms with Gasteiger partial charge < -0.3 is 14.9 Å². The first kappa shape index (κ1) is 12.0. The molecule has 3 atom stereocenters. The summed E-state index contributed by atoms with van der Waals surface area (Å²) in [5, 5.41) is 9.82. The topological polar surface area (TPSA) is 60.9 Å². The Balaban J connectivity index is 1.56. The van der Waals surface area contributed by atoms with Crippen LogP contribution < -0.4 is 0 Å². The van der Waals surface area contributed by atoms with Crippen molar-refractivity contribution in [3.63, 3.8) is 0 Å². The molecule has 18 heavy (non-hydrogen) atoms. The first-order valence-corrected chi connectivity index (χ1v) is 6.89. The average molecular weight is 252 g/mol. The smallest absolute Gasteiger partial charge is 0.242 e. The lowest BCUT2D eigenvalue weighted by atomic mass is 10.00. The van der Waals surface area contributed by atoms with E-state index in [2.05, 4.69) is 0 Å². The van der Waals surface area contributed by atoms with Crippen molar-refractivity contribution in [2.24, 2.45) is 11.8 Å². The van der Waals surface area contributed by atoms with E-state index in [9.17, 15) is 14.7 Å². The molecule has 1 saturated carbocycles. The molecule has 0 bridgehead atoms. The predicted octanol–water partition coefficient (Wildman–Crippen LogP) is -0.162. The van der Waals surface area contributed by atoms with Crippen LogP contribution in [0.25, 0.3) is 0 Å². The van der Waals surface area contributed by atoms with Gasteiger partial charge in [0.05, 0.1) is 12.6 Å². The second-order valence-electron chi connectivity index (χ2n) is 5.79. The lowest BCUT2D eigenvalue weighted by molar-refractivity contribution is -0.138. The van der Waals surface area contributed by atoms with Gasteiger partial charge in [-0.15, -0.1) is 0 Å². The minimum Gasteiger partial charge on any atom is -0.393 e. The molecule has 5 heteroatoms. The second kappa shape index (κ2) is 4.53. The molecule has 0 aromatic carbocycles. The van der Waals surface area contributed by atoms with Crippen molar-refractivity contribution in [3.05, 3.63) is 0 Å². The highest BCUT2D eigenvalue weighted by molar-refractivity contribution is 5.86. The van der Waals surface area contributed by atoms with Gasteiger partial charge in [0, 0.05) is 32.0 Å². The van der Waals surface area contributed by atoms with E-state index in [4.69, 9.17) is 0 Å². The number of hydrogen-bond acceptors (Lipinski definition) is 3. The maximum absolute atomic E-state index is 12.1. The number of likely N-dealkylation sites (tertiary alicyclic amines) is 2. The van der Waals surface area contributed by atoms with Gasteiger partial charge in [0.25, 0.3) is 0 Å². The van der Waals surface area contributed by atoms with Crippen molar-refractivity contribution in [1.29, 1.82) is 0 Å². The van der Waals surface area contributed by atoms with Crippen molar-refractivity contribution in [3.8, 4) is 0 Å². The molecule has 1 N–H and O–H groups in total. The van der Waals surface area contributed by atoms with E-state index in [1.807, 2.05) is 4.90 Å². The molecule has 3 aliphatic rings. The first-order valence-electron chi connectivity index (χ1n) is 6.89. The Labute approximate surface area is 107 Å². The van der Waals surface area contributed by atoms with Crippen LogP contribution in [0.4, 0.5) is 0 Å². The number of amides is 2. The molecule has 2 heterocycles. The number of fused-ring (bicyclic) bond motifs is 1. The summed E-state index contributed by atoms with van der Waals surface area (Å²) in [5.41, 5.74) is 0. The van der Waals surface area contributed by atoms with Crippen molar-refractivity contribution in [1.82, 2.24) is 9.80 Å². The third kappa shape index (κ3) is 2.00. The second-order valence-corrected chi connectivity index (χ2v) is 5.79. The number of aliphatic hydroxyl groups is 1. The SMILES string of the molecule is O=C1CCCN1CC(=O)N1CC2CCC(O)C2C1. The zero-order chi connectivity index (χ0) is 12.7. The molecule has 3 rings (SSSR count). The van der Waals surface area contributed by atoms with Gasteiger partial charge in [-0.1, -0.05) is 0 Å². The Morgan fingerprint density at radius 2 is 2.17 bits per heavy atom. The van der Waals surface area contributed by atoms with Gasteiger partial charge in [-0.05, 0) is 25.2 Å². The van der Waals surface area contributed by atoms with Crippen LogP contribution in [0, 0.1) is 11.8 Å². The first-order chi connectivity index (χ1) is 8.65. The van der Waals surface area contributed by atoms with Crippen molar-refractivity contribution >= 4 is 11.8 Å². The van der Waals surface area contributed by atoms with E-state index in [1.165, 1.54) is 0 Å². The Morgan fingerprint density at radius 1 is 1.33 bits per heavy atom. The quantitative estimate of drug-likeness (QED) is 0.743. The van der Waals surface area contributed by atoms with Gasteiger partial charge in [-0.25, -0.2) is 0 Å². The van der Waals surface area contributed by atoms with Crippen LogP contribution in [0.3, 0.4) is 0 Å². The van der Waals surface area contributed by atoms with E-state index in [-0.39, 0.29) is 30.4 Å². The van der Waals surface area contributed by atoms with Gasteiger partial charge in [-0.3, -0.25) is 9.59 Å². The van der Waals surface area contributed by atoms with Gasteiger partial charge in [-0.2, -0.15) is 0 Å². The van der Waals surface area contributed by atoms with Crippen molar-refractivity contribution < 1.29 is 14.7 Å². The third-order valence-electron chi connectivity index (χ3n) is 4.67. The van der Waals surface area contributed by atoms with Gasteiger partial charge in [0.1, 0.15) is 0 Å². The van der Waals surface area contributed by atoms with Crippen LogP contribution in [0.2, 0.25) is 0 Å². The Morgan fingerprint density at radius 3 is 2.83 bits per heavy atom. The summed E-state index contributed by atoms with van der Waals surface area (Å²) in [6, 6.07) is 0. The molecule has 3 fully saturated rings. The van der Waals surface area contributed by atoms with Gasteiger partial charge >= 0.3 is 0 Å². The Hall–Kier alpha value is -1.10. The maximum Gasteiger partial charge on any atom is 0.242 e. The molecular formula is C13H20N2O3. The molecular weight excluding hydrogens is 232 g/mol. The zero-order valence-electron chi connectivity index (χ0n) is 10.5. The van der Waals surface area contributed by atoms with Crippen LogP contribution in [0.5, 0.6) is 0 Å². The summed E-state index contributed by atoms with van der Waals surface area (Å²) in [5.74, 6) is 0.885. The number of nitrogens with zero attached hydrogens (tertiary/aromatic N) is 2. The minimum absolute atomic E-state index is 0.0480. The number of hydrogen-bond donors (Lipinski definition) is 1. The summed E-state index contributed by atoms with van der Waals surface area (Å²) >= 11 is 0. The molecule has 3 unspecified atom stereocenters. The predicted molar refractivity (Wildman–Crippen MR) is 64.6 cm³/mol. The highest BCUT2D eigenvalue weighted by Gasteiger charge is 2.43. The van der Waals surface area contributed by atoms with Crippen molar-refractivity contribution in [2.75, 3.05) is 26.2 Å². The average Bonchev–Trinajstić information content (AvgIpc) is 2.99. The highest BCUT2D eigenvalue weighted by Crippen LogP contribution is 2.38. The number of carbonyl (C=O) groups excluding carboxylic acids is 2. The summed E-state index contributed by atoms with van der Waals surface area (Å²) < 4.78 is 0. The standard InChI is InChI=1S/C13H20N2O3/c16-11-4-3-9-6-15(7-10(9)11)13(18)8-14-5-1-2-12(14)17/h9-11,16H,1-8H2. The summed E-state index contributed by atoms with van der Waals surface area (Å²) in [6.07, 6.45) is 3.12. The fourth-order valence-electron chi connectivity index (χ4n) is 3.57. The lowest BCUT2D eigenvalue weighted by Crippen LogP contribution is -2.40. The van der Waals surface area contributed by atoms with E-state index in [0.717, 1.165) is 25.8 Å². The molecule has 5 nitrogen and oxygen atoms in total. The largest absolute Gasteiger partial charge is 0.393 e. The third-order valence-corrected chi connectivity index (χ3v) is 4.67. The van der Waals surface area contributed by atoms with E-state index >= 15 is 0 Å². The summed E-state index contributed by atoms with van der Waals surface area (Å²) in [6.45, 7) is 2.39. The molecule has 0 aromatic heterocycles. The fourth-order valence-corrected chi connectivity index (χ4v) is 3.57. The van der Waals surface area contributed by atoms with Crippen LogP contribution in [-0.4, -0.2) is 59.0 Å². The molecule has 0 aromatic rings. The fraction of sp³-hybridized carbons (Fsp3) is 0.846. The molecule has 0 radical (unpaired) electrons. The molecule has 100 valence electrons. The van der Waals surface area contributed by atoms with Crippen LogP contribution in [0.15, 0.2) is 0 Å². The zero-order valence-corrected chi connectivity index (χ0v) is 10.5. The molecule has 1 aliphatic carbocycles. The normalized spacial score (nSPS) is 35.4. The van der Waals surface area contributed by atoms with Crippen molar-refractivity contribution in [2.45, 2.75) is 31.8 Å². The van der Waals surface area contributed by atoms with Crippen LogP contribution in [0.1, 0.15) is 25.7 Å². The lowest BCUT2D eigenvalue weighted by Gasteiger charge is -2.22. The number of carbonyl (C=O) groups is 2. The molecule has 2 aliphatic heterocycles. The maximum atomic E-state index is 12.1. The Bertz CT molecular complexity index is 371. The van der Waals surface area contributed by atoms with Gasteiger partial charge in [0.2, 0.25) is 11.8 Å². The Kier molecular flexibility index (Phi) is 3.01. The van der Waals surface area contributed by atoms with E-state index in [1.54, 1.807) is 4.90 Å². The van der Waals surface area contributed by atoms with E-state index in [0.29, 0.717) is 25.4 Å². The summed E-state index contributed by atoms with van der Waals surface area (Å²) in [7, 11) is 0. The molecule has 0 spiro atoms. The highest BCUT2D eigenvalue weighted by atomic mass is 16.3. The monoisotopic (exact) mass is 252 g/mol. The summed E-state index contributed by atoms with van der Waals surface area (Å²) in [4.78, 5) is 27.1. The molecule has 2 saturated heterocycles. The number of aliphatic hydroxyl groups excluding tert-OH is 1. The van der Waals surface area contributed by atoms with E-state index < -0.39 is 0 Å². The van der Waals surface area contributed by atoms with Gasteiger partial charge in [0.15, 0.2) is 0 Å².